The highest BCUT2D eigenvalue weighted by Gasteiger charge is 2.29. The maximum Gasteiger partial charge on any atom is 0.310 e. The second-order valence-electron chi connectivity index (χ2n) is 10.1. The van der Waals surface area contributed by atoms with Crippen LogP contribution in [-0.2, 0) is 28.9 Å². The van der Waals surface area contributed by atoms with Crippen LogP contribution in [-0.4, -0.2) is 36.8 Å². The van der Waals surface area contributed by atoms with Crippen molar-refractivity contribution in [3.8, 4) is 16.9 Å². The molecule has 3 aromatic rings. The molecule has 4 rings (SSSR count). The summed E-state index contributed by atoms with van der Waals surface area (Å²) in [6, 6.07) is 8.68. The second kappa shape index (κ2) is 8.44. The molecule has 5 nitrogen and oxygen atoms in total. The van der Waals surface area contributed by atoms with Gasteiger partial charge in [0.15, 0.2) is 0 Å². The van der Waals surface area contributed by atoms with Crippen molar-refractivity contribution in [3.05, 3.63) is 46.6 Å². The summed E-state index contributed by atoms with van der Waals surface area (Å²) < 4.78 is 14.0. The fraction of sp³-hybridized carbons (Fsp3) is 0.464. The molecule has 1 aliphatic rings. The highest BCUT2D eigenvalue weighted by molar-refractivity contribution is 6.08. The van der Waals surface area contributed by atoms with Gasteiger partial charge in [-0.3, -0.25) is 4.79 Å². The number of carbonyl (C=O) groups is 1. The Hall–Kier alpha value is -2.95. The van der Waals surface area contributed by atoms with E-state index in [9.17, 15) is 4.79 Å². The van der Waals surface area contributed by atoms with Crippen molar-refractivity contribution in [2.75, 3.05) is 25.6 Å². The number of methoxy groups -OCH3 is 1. The molecular weight excluding hydrogens is 412 g/mol. The molecule has 176 valence electrons. The van der Waals surface area contributed by atoms with E-state index in [0.717, 1.165) is 53.1 Å². The first-order valence-corrected chi connectivity index (χ1v) is 11.8. The fourth-order valence-electron chi connectivity index (χ4n) is 5.09. The first-order chi connectivity index (χ1) is 15.6. The quantitative estimate of drug-likeness (QED) is 0.461. The summed E-state index contributed by atoms with van der Waals surface area (Å²) in [5.41, 5.74) is 8.84. The molecule has 0 N–H and O–H groups in total. The zero-order chi connectivity index (χ0) is 24.1. The zero-order valence-corrected chi connectivity index (χ0v) is 21.3. The van der Waals surface area contributed by atoms with Crippen LogP contribution in [0.3, 0.4) is 0 Å². The third-order valence-electron chi connectivity index (χ3n) is 6.56. The molecule has 33 heavy (non-hydrogen) atoms. The lowest BCUT2D eigenvalue weighted by atomic mass is 9.88. The molecule has 2 aromatic carbocycles. The van der Waals surface area contributed by atoms with Gasteiger partial charge in [-0.15, -0.1) is 0 Å². The van der Waals surface area contributed by atoms with E-state index < -0.39 is 0 Å². The highest BCUT2D eigenvalue weighted by atomic mass is 16.5. The van der Waals surface area contributed by atoms with Gasteiger partial charge < -0.3 is 18.9 Å². The van der Waals surface area contributed by atoms with Crippen LogP contribution in [0.2, 0.25) is 0 Å². The van der Waals surface area contributed by atoms with E-state index in [0.29, 0.717) is 0 Å². The van der Waals surface area contributed by atoms with Gasteiger partial charge in [-0.05, 0) is 75.4 Å². The summed E-state index contributed by atoms with van der Waals surface area (Å²) in [4.78, 5) is 14.9. The molecule has 0 amide bonds. The van der Waals surface area contributed by atoms with Crippen LogP contribution in [0.25, 0.3) is 22.0 Å². The largest absolute Gasteiger partial charge is 0.487 e. The molecule has 0 aliphatic carbocycles. The third kappa shape index (κ3) is 4.09. The average Bonchev–Trinajstić information content (AvgIpc) is 3.11. The van der Waals surface area contributed by atoms with E-state index in [4.69, 9.17) is 9.47 Å². The Morgan fingerprint density at radius 3 is 2.48 bits per heavy atom. The molecule has 0 unspecified atom stereocenters. The number of benzene rings is 2. The minimum atomic E-state index is -0.342. The predicted octanol–water partition coefficient (Wildman–Crippen LogP) is 5.83. The summed E-state index contributed by atoms with van der Waals surface area (Å²) >= 11 is 0. The molecule has 0 bridgehead atoms. The van der Waals surface area contributed by atoms with Gasteiger partial charge in [0.1, 0.15) is 11.4 Å². The third-order valence-corrected chi connectivity index (χ3v) is 6.56. The lowest BCUT2D eigenvalue weighted by molar-refractivity contribution is -0.139. The van der Waals surface area contributed by atoms with Crippen LogP contribution in [0, 0.1) is 13.8 Å². The SMILES string of the molecule is CCc1cc2c(-c3ccc(C)cc3OC(C)(C)C)c(CC(=O)OC)c(C)c3c2n1CCN3C. The number of carbonyl (C=O) groups excluding carboxylic acids is 1. The Balaban J connectivity index is 2.14. The summed E-state index contributed by atoms with van der Waals surface area (Å²) in [5, 5.41) is 1.18. The number of ether oxygens (including phenoxy) is 2. The van der Waals surface area contributed by atoms with Crippen LogP contribution in [0.1, 0.15) is 50.1 Å². The van der Waals surface area contributed by atoms with Crippen molar-refractivity contribution >= 4 is 22.6 Å². The van der Waals surface area contributed by atoms with E-state index in [1.807, 2.05) is 0 Å². The lowest BCUT2D eigenvalue weighted by Gasteiger charge is -2.32. The number of hydrogen-bond acceptors (Lipinski definition) is 4. The Labute approximate surface area is 197 Å². The summed E-state index contributed by atoms with van der Waals surface area (Å²) in [5.74, 6) is 0.614. The first kappa shape index (κ1) is 23.2. The van der Waals surface area contributed by atoms with Crippen LogP contribution >= 0.6 is 0 Å². The fourth-order valence-corrected chi connectivity index (χ4v) is 5.09. The zero-order valence-electron chi connectivity index (χ0n) is 21.3. The summed E-state index contributed by atoms with van der Waals surface area (Å²) in [6.45, 7) is 14.5. The van der Waals surface area contributed by atoms with Crippen LogP contribution < -0.4 is 9.64 Å². The van der Waals surface area contributed by atoms with Crippen LogP contribution in [0.15, 0.2) is 24.3 Å². The number of hydrogen-bond donors (Lipinski definition) is 0. The minimum absolute atomic E-state index is 0.226. The van der Waals surface area contributed by atoms with Gasteiger partial charge in [0.05, 0.1) is 24.7 Å². The molecule has 0 fully saturated rings. The molecule has 5 heteroatoms. The van der Waals surface area contributed by atoms with Gasteiger partial charge in [-0.25, -0.2) is 0 Å². The van der Waals surface area contributed by atoms with E-state index >= 15 is 0 Å². The van der Waals surface area contributed by atoms with Crippen LogP contribution in [0.4, 0.5) is 5.69 Å². The number of rotatable bonds is 5. The number of nitrogens with zero attached hydrogens (tertiary/aromatic N) is 2. The monoisotopic (exact) mass is 448 g/mol. The predicted molar refractivity (Wildman–Crippen MR) is 136 cm³/mol. The number of anilines is 1. The number of aromatic nitrogens is 1. The number of likely N-dealkylation sites (N-methyl/N-ethyl adjacent to an activating group) is 1. The number of esters is 1. The smallest absolute Gasteiger partial charge is 0.310 e. The molecule has 0 spiro atoms. The van der Waals surface area contributed by atoms with Crippen molar-refractivity contribution in [1.82, 2.24) is 4.57 Å². The van der Waals surface area contributed by atoms with Crippen LogP contribution in [0.5, 0.6) is 5.75 Å². The molecule has 2 heterocycles. The Morgan fingerprint density at radius 1 is 1.12 bits per heavy atom. The van der Waals surface area contributed by atoms with E-state index in [1.54, 1.807) is 0 Å². The van der Waals surface area contributed by atoms with Gasteiger partial charge >= 0.3 is 5.97 Å². The van der Waals surface area contributed by atoms with Gasteiger partial charge in [0, 0.05) is 36.8 Å². The molecule has 0 atom stereocenters. The maximum atomic E-state index is 12.6. The topological polar surface area (TPSA) is 43.7 Å². The van der Waals surface area contributed by atoms with Crippen molar-refractivity contribution in [1.29, 1.82) is 0 Å². The summed E-state index contributed by atoms with van der Waals surface area (Å²) in [6.07, 6.45) is 1.19. The molecule has 0 saturated heterocycles. The highest BCUT2D eigenvalue weighted by Crippen LogP contribution is 2.47. The standard InChI is InChI=1S/C28H36N2O3/c1-9-19-15-22-25(20-11-10-17(2)14-23(20)33-28(4,5)6)21(16-24(31)32-8)18(3)26-27(22)30(19)13-12-29(26)7/h10-11,14-15H,9,12-13,16H2,1-8H3. The molecule has 1 aliphatic heterocycles. The maximum absolute atomic E-state index is 12.6. The van der Waals surface area contributed by atoms with Gasteiger partial charge in [0.2, 0.25) is 0 Å². The minimum Gasteiger partial charge on any atom is -0.487 e. The van der Waals surface area contributed by atoms with E-state index in [2.05, 4.69) is 82.3 Å². The number of aryl methyl sites for hydroxylation is 2. The molecular formula is C28H36N2O3. The first-order valence-electron chi connectivity index (χ1n) is 11.8. The Morgan fingerprint density at radius 2 is 1.85 bits per heavy atom. The van der Waals surface area contributed by atoms with E-state index in [-0.39, 0.29) is 18.0 Å². The normalized spacial score (nSPS) is 13.5. The molecule has 1 aromatic heterocycles. The Bertz CT molecular complexity index is 1230. The van der Waals surface area contributed by atoms with E-state index in [1.165, 1.54) is 29.4 Å². The van der Waals surface area contributed by atoms with Crippen molar-refractivity contribution in [2.45, 2.75) is 66.5 Å². The van der Waals surface area contributed by atoms with Gasteiger partial charge in [0.25, 0.3) is 0 Å². The van der Waals surface area contributed by atoms with Crippen molar-refractivity contribution in [3.63, 3.8) is 0 Å². The van der Waals surface area contributed by atoms with Gasteiger partial charge in [-0.2, -0.15) is 0 Å². The molecule has 0 radical (unpaired) electrons. The van der Waals surface area contributed by atoms with Crippen molar-refractivity contribution in [2.24, 2.45) is 0 Å². The second-order valence-corrected chi connectivity index (χ2v) is 10.1. The van der Waals surface area contributed by atoms with Crippen molar-refractivity contribution < 1.29 is 14.3 Å². The Kier molecular flexibility index (Phi) is 5.94. The average molecular weight is 449 g/mol. The summed E-state index contributed by atoms with van der Waals surface area (Å²) in [7, 11) is 3.60. The molecule has 0 saturated carbocycles. The lowest BCUT2D eigenvalue weighted by Crippen LogP contribution is -2.29. The van der Waals surface area contributed by atoms with Gasteiger partial charge in [-0.1, -0.05) is 19.1 Å².